The van der Waals surface area contributed by atoms with Crippen molar-refractivity contribution in [2.24, 2.45) is 0 Å². The van der Waals surface area contributed by atoms with Gasteiger partial charge in [0.15, 0.2) is 0 Å². The molecule has 2 atom stereocenters. The lowest BCUT2D eigenvalue weighted by molar-refractivity contribution is 0.0337. The first kappa shape index (κ1) is 11.5. The molecule has 0 spiro atoms. The average Bonchev–Trinajstić information content (AvgIpc) is 2.14. The predicted molar refractivity (Wildman–Crippen MR) is 48.9 cm³/mol. The van der Waals surface area contributed by atoms with Gasteiger partial charge in [-0.2, -0.15) is 13.8 Å². The first-order valence-electron chi connectivity index (χ1n) is 3.79. The van der Waals surface area contributed by atoms with E-state index < -0.39 is 24.1 Å². The minimum Gasteiger partial charge on any atom is -0.389 e. The van der Waals surface area contributed by atoms with Crippen molar-refractivity contribution in [3.63, 3.8) is 0 Å². The maximum Gasteiger partial charge on any atom is 0.215 e. The van der Waals surface area contributed by atoms with Crippen LogP contribution < -0.4 is 0 Å². The summed E-state index contributed by atoms with van der Waals surface area (Å²) in [5, 5.41) is 18.7. The Kier molecular flexibility index (Phi) is 3.91. The van der Waals surface area contributed by atoms with Gasteiger partial charge in [-0.3, -0.25) is 0 Å². The molecule has 0 amide bonds. The number of aliphatic hydroxyl groups is 2. The third-order valence-electron chi connectivity index (χ3n) is 1.65. The van der Waals surface area contributed by atoms with Crippen LogP contribution in [0.3, 0.4) is 0 Å². The Morgan fingerprint density at radius 1 is 1.29 bits per heavy atom. The zero-order valence-corrected chi connectivity index (χ0v) is 8.58. The van der Waals surface area contributed by atoms with Crippen LogP contribution in [-0.4, -0.2) is 26.6 Å². The molecule has 78 valence electrons. The van der Waals surface area contributed by atoms with Crippen LogP contribution in [0.5, 0.6) is 0 Å². The second kappa shape index (κ2) is 4.77. The molecule has 0 aromatic carbocycles. The van der Waals surface area contributed by atoms with Gasteiger partial charge in [-0.1, -0.05) is 15.9 Å². The molecule has 0 saturated carbocycles. The van der Waals surface area contributed by atoms with Gasteiger partial charge in [0.1, 0.15) is 6.10 Å². The van der Waals surface area contributed by atoms with Crippen LogP contribution in [0.4, 0.5) is 8.78 Å². The van der Waals surface area contributed by atoms with Crippen molar-refractivity contribution in [2.45, 2.75) is 12.2 Å². The SMILES string of the molecule is OC(CBr)C(O)c1cc(F)nc(F)c1. The highest BCUT2D eigenvalue weighted by Gasteiger charge is 2.18. The molecule has 0 fully saturated rings. The molecule has 1 aromatic heterocycles. The lowest BCUT2D eigenvalue weighted by Gasteiger charge is -2.15. The second-order valence-electron chi connectivity index (χ2n) is 2.71. The summed E-state index contributed by atoms with van der Waals surface area (Å²) in [6.45, 7) is 0. The number of pyridine rings is 1. The highest BCUT2D eigenvalue weighted by Crippen LogP contribution is 2.19. The first-order chi connectivity index (χ1) is 6.54. The maximum atomic E-state index is 12.6. The number of aromatic nitrogens is 1. The molecule has 14 heavy (non-hydrogen) atoms. The molecule has 1 aromatic rings. The summed E-state index contributed by atoms with van der Waals surface area (Å²) in [5.41, 5.74) is -0.0399. The summed E-state index contributed by atoms with van der Waals surface area (Å²) in [4.78, 5) is 2.86. The largest absolute Gasteiger partial charge is 0.389 e. The number of nitrogens with zero attached hydrogens (tertiary/aromatic N) is 1. The van der Waals surface area contributed by atoms with E-state index >= 15 is 0 Å². The first-order valence-corrected chi connectivity index (χ1v) is 4.92. The smallest absolute Gasteiger partial charge is 0.215 e. The highest BCUT2D eigenvalue weighted by atomic mass is 79.9. The fraction of sp³-hybridized carbons (Fsp3) is 0.375. The van der Waals surface area contributed by atoms with Crippen LogP contribution in [0.1, 0.15) is 11.7 Å². The minimum atomic E-state index is -1.33. The third kappa shape index (κ3) is 2.70. The molecular formula is C8H8BrF2NO2. The molecule has 0 bridgehead atoms. The molecular weight excluding hydrogens is 260 g/mol. The van der Waals surface area contributed by atoms with E-state index in [-0.39, 0.29) is 10.9 Å². The Hall–Kier alpha value is -0.590. The Balaban J connectivity index is 2.94. The van der Waals surface area contributed by atoms with Gasteiger partial charge in [-0.05, 0) is 17.7 Å². The lowest BCUT2D eigenvalue weighted by Crippen LogP contribution is -2.20. The number of alkyl halides is 1. The number of halogens is 3. The molecule has 0 aliphatic carbocycles. The van der Waals surface area contributed by atoms with E-state index in [1.54, 1.807) is 0 Å². The quantitative estimate of drug-likeness (QED) is 0.638. The summed E-state index contributed by atoms with van der Waals surface area (Å²) >= 11 is 2.94. The van der Waals surface area contributed by atoms with E-state index in [1.807, 2.05) is 0 Å². The number of rotatable bonds is 3. The van der Waals surface area contributed by atoms with E-state index in [1.165, 1.54) is 0 Å². The van der Waals surface area contributed by atoms with Gasteiger partial charge in [0, 0.05) is 5.33 Å². The molecule has 3 nitrogen and oxygen atoms in total. The summed E-state index contributed by atoms with van der Waals surface area (Å²) in [7, 11) is 0. The summed E-state index contributed by atoms with van der Waals surface area (Å²) in [5.74, 6) is -2.05. The zero-order chi connectivity index (χ0) is 10.7. The highest BCUT2D eigenvalue weighted by molar-refractivity contribution is 9.09. The predicted octanol–water partition coefficient (Wildman–Crippen LogP) is 1.15. The van der Waals surface area contributed by atoms with Gasteiger partial charge >= 0.3 is 0 Å². The monoisotopic (exact) mass is 267 g/mol. The number of hydrogen-bond acceptors (Lipinski definition) is 3. The van der Waals surface area contributed by atoms with Crippen molar-refractivity contribution in [3.8, 4) is 0 Å². The van der Waals surface area contributed by atoms with Crippen LogP contribution >= 0.6 is 15.9 Å². The fourth-order valence-electron chi connectivity index (χ4n) is 0.961. The van der Waals surface area contributed by atoms with Crippen molar-refractivity contribution >= 4 is 15.9 Å². The molecule has 2 unspecified atom stereocenters. The molecule has 1 heterocycles. The van der Waals surface area contributed by atoms with Gasteiger partial charge in [-0.15, -0.1) is 0 Å². The van der Waals surface area contributed by atoms with Crippen molar-refractivity contribution < 1.29 is 19.0 Å². The van der Waals surface area contributed by atoms with Crippen molar-refractivity contribution in [1.29, 1.82) is 0 Å². The summed E-state index contributed by atoms with van der Waals surface area (Å²) in [6, 6.07) is 1.75. The Labute approximate surface area is 87.5 Å². The van der Waals surface area contributed by atoms with E-state index in [2.05, 4.69) is 20.9 Å². The van der Waals surface area contributed by atoms with E-state index in [0.717, 1.165) is 12.1 Å². The van der Waals surface area contributed by atoms with Gasteiger partial charge in [0.05, 0.1) is 6.10 Å². The molecule has 0 aliphatic heterocycles. The van der Waals surface area contributed by atoms with Gasteiger partial charge in [0.2, 0.25) is 11.9 Å². The normalized spacial score (nSPS) is 15.2. The van der Waals surface area contributed by atoms with Crippen LogP contribution in [0, 0.1) is 11.9 Å². The Bertz CT molecular complexity index is 304. The molecule has 0 saturated heterocycles. The fourth-order valence-corrected chi connectivity index (χ4v) is 1.31. The van der Waals surface area contributed by atoms with Gasteiger partial charge < -0.3 is 10.2 Å². The summed E-state index contributed by atoms with van der Waals surface area (Å²) in [6.07, 6.45) is -2.45. The molecule has 0 aliphatic rings. The van der Waals surface area contributed by atoms with Crippen LogP contribution in [-0.2, 0) is 0 Å². The number of aliphatic hydroxyl groups excluding tert-OH is 2. The van der Waals surface area contributed by atoms with Gasteiger partial charge in [0.25, 0.3) is 0 Å². The Morgan fingerprint density at radius 2 is 1.79 bits per heavy atom. The number of hydrogen-bond donors (Lipinski definition) is 2. The van der Waals surface area contributed by atoms with Crippen molar-refractivity contribution in [1.82, 2.24) is 4.98 Å². The minimum absolute atomic E-state index is 0.0399. The van der Waals surface area contributed by atoms with E-state index in [4.69, 9.17) is 0 Å². The standard InChI is InChI=1S/C8H8BrF2NO2/c9-3-5(13)8(14)4-1-6(10)12-7(11)2-4/h1-2,5,8,13-14H,3H2. The van der Waals surface area contributed by atoms with Crippen LogP contribution in [0.25, 0.3) is 0 Å². The molecule has 6 heteroatoms. The maximum absolute atomic E-state index is 12.6. The lowest BCUT2D eigenvalue weighted by atomic mass is 10.1. The second-order valence-corrected chi connectivity index (χ2v) is 3.36. The van der Waals surface area contributed by atoms with Crippen molar-refractivity contribution in [3.05, 3.63) is 29.6 Å². The third-order valence-corrected chi connectivity index (χ3v) is 2.31. The average molecular weight is 268 g/mol. The van der Waals surface area contributed by atoms with Crippen LogP contribution in [0.2, 0.25) is 0 Å². The van der Waals surface area contributed by atoms with E-state index in [0.29, 0.717) is 0 Å². The molecule has 0 radical (unpaired) electrons. The van der Waals surface area contributed by atoms with Crippen molar-refractivity contribution in [2.75, 3.05) is 5.33 Å². The topological polar surface area (TPSA) is 53.4 Å². The van der Waals surface area contributed by atoms with Crippen LogP contribution in [0.15, 0.2) is 12.1 Å². The Morgan fingerprint density at radius 3 is 2.21 bits per heavy atom. The van der Waals surface area contributed by atoms with Gasteiger partial charge in [-0.25, -0.2) is 0 Å². The summed E-state index contributed by atoms with van der Waals surface area (Å²) < 4.78 is 25.2. The molecule has 1 rings (SSSR count). The molecule has 2 N–H and O–H groups in total. The van der Waals surface area contributed by atoms with E-state index in [9.17, 15) is 19.0 Å². The zero-order valence-electron chi connectivity index (χ0n) is 6.99.